The molecule has 0 spiro atoms. The van der Waals surface area contributed by atoms with E-state index in [1.807, 2.05) is 52.0 Å². The number of halogens is 1. The van der Waals surface area contributed by atoms with Crippen LogP contribution in [0.3, 0.4) is 0 Å². The molecule has 0 aliphatic carbocycles. The second kappa shape index (κ2) is 13.3. The van der Waals surface area contributed by atoms with Crippen LogP contribution < -0.4 is 9.62 Å². The molecule has 0 heterocycles. The lowest BCUT2D eigenvalue weighted by Crippen LogP contribution is -2.52. The Morgan fingerprint density at radius 2 is 1.57 bits per heavy atom. The third kappa shape index (κ3) is 7.43. The number of rotatable bonds is 11. The molecule has 3 aromatic carbocycles. The van der Waals surface area contributed by atoms with Gasteiger partial charge in [-0.25, -0.2) is 8.42 Å². The van der Waals surface area contributed by atoms with E-state index in [1.54, 1.807) is 44.2 Å². The largest absolute Gasteiger partial charge is 0.352 e. The SMILES string of the molecule is CCC(C)NC(=O)C(C)N(Cc1ccccc1C)C(=O)CN(c1ccc(Cl)cc1C)S(=O)(=O)c1ccc(C)cc1. The van der Waals surface area contributed by atoms with E-state index in [0.717, 1.165) is 27.4 Å². The highest BCUT2D eigenvalue weighted by atomic mass is 35.5. The van der Waals surface area contributed by atoms with Crippen LogP contribution in [0.5, 0.6) is 0 Å². The summed E-state index contributed by atoms with van der Waals surface area (Å²) >= 11 is 6.17. The molecule has 0 saturated heterocycles. The lowest BCUT2D eigenvalue weighted by atomic mass is 10.1. The van der Waals surface area contributed by atoms with Gasteiger partial charge in [-0.2, -0.15) is 0 Å². The van der Waals surface area contributed by atoms with E-state index in [9.17, 15) is 18.0 Å². The minimum Gasteiger partial charge on any atom is -0.352 e. The number of hydrogen-bond acceptors (Lipinski definition) is 4. The van der Waals surface area contributed by atoms with Crippen LogP contribution >= 0.6 is 11.6 Å². The van der Waals surface area contributed by atoms with Gasteiger partial charge in [0, 0.05) is 17.6 Å². The average Bonchev–Trinajstić information content (AvgIpc) is 2.91. The number of carbonyl (C=O) groups is 2. The Labute approximate surface area is 243 Å². The molecular weight excluding hydrogens is 546 g/mol. The number of anilines is 1. The van der Waals surface area contributed by atoms with E-state index in [4.69, 9.17) is 11.6 Å². The van der Waals surface area contributed by atoms with Crippen molar-refractivity contribution in [3.63, 3.8) is 0 Å². The number of nitrogens with zero attached hydrogens (tertiary/aromatic N) is 2. The van der Waals surface area contributed by atoms with E-state index in [-0.39, 0.29) is 23.4 Å². The first-order valence-corrected chi connectivity index (χ1v) is 15.2. The van der Waals surface area contributed by atoms with Gasteiger partial charge in [-0.05, 0) is 88.1 Å². The topological polar surface area (TPSA) is 86.8 Å². The molecule has 2 amide bonds. The molecule has 0 radical (unpaired) electrons. The predicted octanol–water partition coefficient (Wildman–Crippen LogP) is 5.79. The number of benzene rings is 3. The van der Waals surface area contributed by atoms with Crippen molar-refractivity contribution >= 4 is 39.1 Å². The first kappa shape index (κ1) is 31.2. The minimum absolute atomic E-state index is 0.0632. The Hall–Kier alpha value is -3.36. The van der Waals surface area contributed by atoms with Crippen molar-refractivity contribution < 1.29 is 18.0 Å². The zero-order valence-electron chi connectivity index (χ0n) is 23.9. The van der Waals surface area contributed by atoms with E-state index >= 15 is 0 Å². The van der Waals surface area contributed by atoms with Gasteiger partial charge in [0.2, 0.25) is 11.8 Å². The smallest absolute Gasteiger partial charge is 0.264 e. The van der Waals surface area contributed by atoms with Crippen molar-refractivity contribution in [1.82, 2.24) is 10.2 Å². The van der Waals surface area contributed by atoms with Crippen molar-refractivity contribution in [1.29, 1.82) is 0 Å². The minimum atomic E-state index is -4.14. The van der Waals surface area contributed by atoms with Gasteiger partial charge < -0.3 is 10.2 Å². The predicted molar refractivity (Wildman–Crippen MR) is 161 cm³/mol. The number of sulfonamides is 1. The third-order valence-electron chi connectivity index (χ3n) is 7.09. The van der Waals surface area contributed by atoms with E-state index in [1.165, 1.54) is 17.0 Å². The van der Waals surface area contributed by atoms with Crippen LogP contribution in [-0.2, 0) is 26.2 Å². The summed E-state index contributed by atoms with van der Waals surface area (Å²) in [5, 5.41) is 3.40. The monoisotopic (exact) mass is 583 g/mol. The summed E-state index contributed by atoms with van der Waals surface area (Å²) in [5.41, 5.74) is 3.69. The molecule has 7 nitrogen and oxygen atoms in total. The summed E-state index contributed by atoms with van der Waals surface area (Å²) in [7, 11) is -4.14. The van der Waals surface area contributed by atoms with Gasteiger partial charge in [-0.15, -0.1) is 0 Å². The highest BCUT2D eigenvalue weighted by Crippen LogP contribution is 2.29. The molecule has 3 aromatic rings. The van der Waals surface area contributed by atoms with E-state index in [0.29, 0.717) is 16.3 Å². The molecule has 40 heavy (non-hydrogen) atoms. The fraction of sp³-hybridized carbons (Fsp3) is 0.355. The molecule has 2 atom stereocenters. The number of amides is 2. The quantitative estimate of drug-likeness (QED) is 0.309. The van der Waals surface area contributed by atoms with Crippen molar-refractivity contribution in [3.05, 3.63) is 94.0 Å². The summed E-state index contributed by atoms with van der Waals surface area (Å²) in [6, 6.07) is 18.1. The van der Waals surface area contributed by atoms with Gasteiger partial charge in [0.1, 0.15) is 12.6 Å². The molecule has 0 aromatic heterocycles. The third-order valence-corrected chi connectivity index (χ3v) is 9.09. The summed E-state index contributed by atoms with van der Waals surface area (Å²) < 4.78 is 29.1. The molecule has 9 heteroatoms. The average molecular weight is 584 g/mol. The maximum absolute atomic E-state index is 14.1. The van der Waals surface area contributed by atoms with Crippen molar-refractivity contribution in [2.75, 3.05) is 10.8 Å². The summed E-state index contributed by atoms with van der Waals surface area (Å²) in [6.07, 6.45) is 0.739. The maximum Gasteiger partial charge on any atom is 0.264 e. The standard InChI is InChI=1S/C31H38ClN3O4S/c1-7-24(5)33-31(37)25(6)34(19-26-11-9-8-10-22(26)3)30(36)20-35(29-17-14-27(32)18-23(29)4)40(38,39)28-15-12-21(2)13-16-28/h8-18,24-25H,7,19-20H2,1-6H3,(H,33,37). The van der Waals surface area contributed by atoms with Gasteiger partial charge >= 0.3 is 0 Å². The molecule has 1 N–H and O–H groups in total. The molecule has 0 aliphatic heterocycles. The Balaban J connectivity index is 2.07. The second-order valence-corrected chi connectivity index (χ2v) is 12.5. The van der Waals surface area contributed by atoms with E-state index < -0.39 is 28.5 Å². The van der Waals surface area contributed by atoms with Gasteiger partial charge in [0.15, 0.2) is 0 Å². The lowest BCUT2D eigenvalue weighted by molar-refractivity contribution is -0.139. The number of hydrogen-bond donors (Lipinski definition) is 1. The number of carbonyl (C=O) groups excluding carboxylic acids is 2. The summed E-state index contributed by atoms with van der Waals surface area (Å²) in [4.78, 5) is 28.8. The van der Waals surface area contributed by atoms with Crippen LogP contribution in [0.2, 0.25) is 5.02 Å². The Morgan fingerprint density at radius 1 is 0.925 bits per heavy atom. The molecule has 214 valence electrons. The fourth-order valence-electron chi connectivity index (χ4n) is 4.27. The van der Waals surface area contributed by atoms with Gasteiger partial charge in [-0.1, -0.05) is 60.5 Å². The van der Waals surface area contributed by atoms with Crippen molar-refractivity contribution in [2.45, 2.75) is 71.5 Å². The van der Waals surface area contributed by atoms with Crippen molar-refractivity contribution in [3.8, 4) is 0 Å². The fourth-order valence-corrected chi connectivity index (χ4v) is 5.97. The lowest BCUT2D eigenvalue weighted by Gasteiger charge is -2.33. The highest BCUT2D eigenvalue weighted by molar-refractivity contribution is 7.92. The first-order chi connectivity index (χ1) is 18.8. The van der Waals surface area contributed by atoms with Crippen LogP contribution in [-0.4, -0.2) is 43.8 Å². The first-order valence-electron chi connectivity index (χ1n) is 13.3. The molecule has 0 saturated carbocycles. The Kier molecular flexibility index (Phi) is 10.4. The van der Waals surface area contributed by atoms with Crippen LogP contribution in [0.1, 0.15) is 49.4 Å². The zero-order chi connectivity index (χ0) is 29.6. The van der Waals surface area contributed by atoms with E-state index in [2.05, 4.69) is 5.32 Å². The molecule has 0 bridgehead atoms. The molecule has 2 unspecified atom stereocenters. The second-order valence-electron chi connectivity index (χ2n) is 10.2. The van der Waals surface area contributed by atoms with Crippen LogP contribution in [0, 0.1) is 20.8 Å². The van der Waals surface area contributed by atoms with Crippen LogP contribution in [0.25, 0.3) is 0 Å². The molecule has 0 aliphatic rings. The van der Waals surface area contributed by atoms with Crippen molar-refractivity contribution in [2.24, 2.45) is 0 Å². The number of aryl methyl sites for hydroxylation is 3. The molecule has 3 rings (SSSR count). The summed E-state index contributed by atoms with van der Waals surface area (Å²) in [5.74, 6) is -0.799. The highest BCUT2D eigenvalue weighted by Gasteiger charge is 2.33. The van der Waals surface area contributed by atoms with Gasteiger partial charge in [-0.3, -0.25) is 13.9 Å². The molecular formula is C31H38ClN3O4S. The molecule has 0 fully saturated rings. The summed E-state index contributed by atoms with van der Waals surface area (Å²) in [6.45, 7) is 10.7. The van der Waals surface area contributed by atoms with Gasteiger partial charge in [0.25, 0.3) is 10.0 Å². The zero-order valence-corrected chi connectivity index (χ0v) is 25.5. The maximum atomic E-state index is 14.1. The van der Waals surface area contributed by atoms with Gasteiger partial charge in [0.05, 0.1) is 10.6 Å². The van der Waals surface area contributed by atoms with Crippen LogP contribution in [0.15, 0.2) is 71.6 Å². The van der Waals surface area contributed by atoms with Crippen LogP contribution in [0.4, 0.5) is 5.69 Å². The number of nitrogens with one attached hydrogen (secondary N) is 1. The Morgan fingerprint density at radius 3 is 2.17 bits per heavy atom. The normalized spacial score (nSPS) is 12.9. The Bertz CT molecular complexity index is 1460.